The van der Waals surface area contributed by atoms with Gasteiger partial charge in [-0.2, -0.15) is 0 Å². The van der Waals surface area contributed by atoms with Gasteiger partial charge in [0.1, 0.15) is 18.2 Å². The number of nitrogens with two attached hydrogens (primary N) is 1. The summed E-state index contributed by atoms with van der Waals surface area (Å²) in [4.78, 5) is 4.42. The Balaban J connectivity index is 1.77. The minimum absolute atomic E-state index is 0.439. The molecule has 0 aliphatic carbocycles. The maximum absolute atomic E-state index is 5.81. The lowest BCUT2D eigenvalue weighted by Gasteiger charge is -2.07. The van der Waals surface area contributed by atoms with E-state index in [4.69, 9.17) is 10.5 Å². The number of hydrogen-bond donors (Lipinski definition) is 1. The highest BCUT2D eigenvalue weighted by Crippen LogP contribution is 2.21. The molecule has 0 fully saturated rings. The standard InChI is InChI=1S/C16H17N3O/c1-19-10-14(9-17)18-16(19)11-20-15-7-6-12-4-2-3-5-13(12)8-15/h2-8,10H,9,11,17H2,1H3. The van der Waals surface area contributed by atoms with E-state index >= 15 is 0 Å². The van der Waals surface area contributed by atoms with E-state index in [-0.39, 0.29) is 0 Å². The zero-order valence-corrected chi connectivity index (χ0v) is 11.4. The first kappa shape index (κ1) is 12.7. The second-order valence-corrected chi connectivity index (χ2v) is 4.76. The number of hydrogen-bond acceptors (Lipinski definition) is 3. The van der Waals surface area contributed by atoms with Crippen LogP contribution in [0.1, 0.15) is 11.5 Å². The molecule has 0 bridgehead atoms. The van der Waals surface area contributed by atoms with E-state index in [2.05, 4.69) is 23.2 Å². The summed E-state index contributed by atoms with van der Waals surface area (Å²) in [5.74, 6) is 1.72. The van der Waals surface area contributed by atoms with Gasteiger partial charge in [0.25, 0.3) is 0 Å². The molecule has 2 aromatic carbocycles. The van der Waals surface area contributed by atoms with E-state index in [1.54, 1.807) is 0 Å². The van der Waals surface area contributed by atoms with Crippen molar-refractivity contribution in [3.8, 4) is 5.75 Å². The van der Waals surface area contributed by atoms with Crippen molar-refractivity contribution in [2.24, 2.45) is 12.8 Å². The first-order valence-corrected chi connectivity index (χ1v) is 6.59. The number of benzene rings is 2. The minimum atomic E-state index is 0.439. The van der Waals surface area contributed by atoms with Crippen molar-refractivity contribution in [3.63, 3.8) is 0 Å². The SMILES string of the molecule is Cn1cc(CN)nc1COc1ccc2ccccc2c1. The van der Waals surface area contributed by atoms with Crippen molar-refractivity contribution in [1.29, 1.82) is 0 Å². The fourth-order valence-electron chi connectivity index (χ4n) is 2.21. The molecular formula is C16H17N3O. The number of aryl methyl sites for hydroxylation is 1. The van der Waals surface area contributed by atoms with Crippen LogP contribution < -0.4 is 10.5 Å². The van der Waals surface area contributed by atoms with Gasteiger partial charge in [-0.25, -0.2) is 4.98 Å². The van der Waals surface area contributed by atoms with Crippen molar-refractivity contribution in [2.45, 2.75) is 13.2 Å². The van der Waals surface area contributed by atoms with E-state index < -0.39 is 0 Å². The molecule has 0 aliphatic heterocycles. The fourth-order valence-corrected chi connectivity index (χ4v) is 2.21. The Hall–Kier alpha value is -2.33. The van der Waals surface area contributed by atoms with Crippen LogP contribution in [-0.2, 0) is 20.2 Å². The van der Waals surface area contributed by atoms with Gasteiger partial charge in [-0.3, -0.25) is 0 Å². The quantitative estimate of drug-likeness (QED) is 0.790. The van der Waals surface area contributed by atoms with Crippen molar-refractivity contribution in [3.05, 3.63) is 60.2 Å². The van der Waals surface area contributed by atoms with E-state index in [1.165, 1.54) is 10.8 Å². The summed E-state index contributed by atoms with van der Waals surface area (Å²) in [7, 11) is 1.95. The van der Waals surface area contributed by atoms with Crippen molar-refractivity contribution < 1.29 is 4.74 Å². The van der Waals surface area contributed by atoms with Crippen LogP contribution in [-0.4, -0.2) is 9.55 Å². The van der Waals surface area contributed by atoms with E-state index in [1.807, 2.05) is 42.1 Å². The molecule has 0 unspecified atom stereocenters. The Kier molecular flexibility index (Phi) is 3.39. The molecule has 0 aliphatic rings. The van der Waals surface area contributed by atoms with Crippen LogP contribution in [0.4, 0.5) is 0 Å². The molecule has 0 spiro atoms. The second kappa shape index (κ2) is 5.35. The molecule has 3 rings (SSSR count). The summed E-state index contributed by atoms with van der Waals surface area (Å²) in [6.07, 6.45) is 1.93. The third-order valence-electron chi connectivity index (χ3n) is 3.32. The first-order chi connectivity index (χ1) is 9.76. The number of ether oxygens (including phenoxy) is 1. The summed E-state index contributed by atoms with van der Waals surface area (Å²) in [6, 6.07) is 14.3. The predicted octanol–water partition coefficient (Wildman–Crippen LogP) is 2.61. The smallest absolute Gasteiger partial charge is 0.146 e. The van der Waals surface area contributed by atoms with Crippen LogP contribution >= 0.6 is 0 Å². The highest BCUT2D eigenvalue weighted by atomic mass is 16.5. The Morgan fingerprint density at radius 3 is 2.70 bits per heavy atom. The average Bonchev–Trinajstić information content (AvgIpc) is 2.85. The zero-order chi connectivity index (χ0) is 13.9. The lowest BCUT2D eigenvalue weighted by molar-refractivity contribution is 0.292. The molecule has 4 heteroatoms. The second-order valence-electron chi connectivity index (χ2n) is 4.76. The molecule has 4 nitrogen and oxygen atoms in total. The van der Waals surface area contributed by atoms with Gasteiger partial charge in [0.15, 0.2) is 0 Å². The largest absolute Gasteiger partial charge is 0.486 e. The molecule has 3 aromatic rings. The molecular weight excluding hydrogens is 250 g/mol. The van der Waals surface area contributed by atoms with Crippen molar-refractivity contribution >= 4 is 10.8 Å². The van der Waals surface area contributed by atoms with Gasteiger partial charge < -0.3 is 15.0 Å². The lowest BCUT2D eigenvalue weighted by Crippen LogP contribution is -2.03. The van der Waals surface area contributed by atoms with Gasteiger partial charge in [0.2, 0.25) is 0 Å². The van der Waals surface area contributed by atoms with E-state index in [9.17, 15) is 0 Å². The molecule has 102 valence electrons. The Labute approximate surface area is 117 Å². The van der Waals surface area contributed by atoms with Crippen molar-refractivity contribution in [2.75, 3.05) is 0 Å². The Morgan fingerprint density at radius 1 is 1.15 bits per heavy atom. The summed E-state index contributed by atoms with van der Waals surface area (Å²) in [6.45, 7) is 0.888. The summed E-state index contributed by atoms with van der Waals surface area (Å²) in [5, 5.41) is 2.38. The van der Waals surface area contributed by atoms with Crippen LogP contribution in [0.5, 0.6) is 5.75 Å². The van der Waals surface area contributed by atoms with Crippen LogP contribution in [0, 0.1) is 0 Å². The van der Waals surface area contributed by atoms with Gasteiger partial charge >= 0.3 is 0 Å². The van der Waals surface area contributed by atoms with Crippen LogP contribution in [0.15, 0.2) is 48.7 Å². The minimum Gasteiger partial charge on any atom is -0.486 e. The number of nitrogens with zero attached hydrogens (tertiary/aromatic N) is 2. The van der Waals surface area contributed by atoms with Gasteiger partial charge in [-0.1, -0.05) is 30.3 Å². The average molecular weight is 267 g/mol. The molecule has 0 atom stereocenters. The maximum Gasteiger partial charge on any atom is 0.146 e. The fraction of sp³-hybridized carbons (Fsp3) is 0.188. The van der Waals surface area contributed by atoms with Gasteiger partial charge in [0.05, 0.1) is 5.69 Å². The van der Waals surface area contributed by atoms with E-state index in [0.29, 0.717) is 13.2 Å². The highest BCUT2D eigenvalue weighted by Gasteiger charge is 2.05. The molecule has 2 N–H and O–H groups in total. The van der Waals surface area contributed by atoms with Crippen LogP contribution in [0.2, 0.25) is 0 Å². The maximum atomic E-state index is 5.81. The summed E-state index contributed by atoms with van der Waals surface area (Å²) in [5.41, 5.74) is 6.46. The summed E-state index contributed by atoms with van der Waals surface area (Å²) < 4.78 is 7.76. The third-order valence-corrected chi connectivity index (χ3v) is 3.32. The normalized spacial score (nSPS) is 10.9. The Morgan fingerprint density at radius 2 is 1.95 bits per heavy atom. The number of rotatable bonds is 4. The molecule has 20 heavy (non-hydrogen) atoms. The highest BCUT2D eigenvalue weighted by molar-refractivity contribution is 5.83. The number of fused-ring (bicyclic) bond motifs is 1. The number of aromatic nitrogens is 2. The van der Waals surface area contributed by atoms with Crippen molar-refractivity contribution in [1.82, 2.24) is 9.55 Å². The molecule has 0 amide bonds. The first-order valence-electron chi connectivity index (χ1n) is 6.59. The molecule has 1 heterocycles. The Bertz CT molecular complexity index is 733. The lowest BCUT2D eigenvalue weighted by atomic mass is 10.1. The van der Waals surface area contributed by atoms with Crippen LogP contribution in [0.25, 0.3) is 10.8 Å². The van der Waals surface area contributed by atoms with E-state index in [0.717, 1.165) is 17.3 Å². The van der Waals surface area contributed by atoms with Gasteiger partial charge in [-0.05, 0) is 22.9 Å². The van der Waals surface area contributed by atoms with Gasteiger partial charge in [-0.15, -0.1) is 0 Å². The molecule has 0 radical (unpaired) electrons. The van der Waals surface area contributed by atoms with Crippen LogP contribution in [0.3, 0.4) is 0 Å². The monoisotopic (exact) mass is 267 g/mol. The third kappa shape index (κ3) is 2.51. The number of imidazole rings is 1. The molecule has 1 aromatic heterocycles. The molecule has 0 saturated carbocycles. The predicted molar refractivity (Wildman–Crippen MR) is 79.4 cm³/mol. The molecule has 0 saturated heterocycles. The van der Waals surface area contributed by atoms with Gasteiger partial charge in [0, 0.05) is 19.8 Å². The summed E-state index contributed by atoms with van der Waals surface area (Å²) >= 11 is 0. The topological polar surface area (TPSA) is 53.1 Å². The zero-order valence-electron chi connectivity index (χ0n) is 11.4.